The number of benzene rings is 1. The Kier molecular flexibility index (Phi) is 8.93. The van der Waals surface area contributed by atoms with Crippen LogP contribution in [0.25, 0.3) is 0 Å². The van der Waals surface area contributed by atoms with Crippen molar-refractivity contribution in [1.29, 1.82) is 0 Å². The molecule has 1 aliphatic heterocycles. The topological polar surface area (TPSA) is 58.1 Å². The molecule has 0 radical (unpaired) electrons. The monoisotopic (exact) mass is 422 g/mol. The molecule has 146 valence electrons. The van der Waals surface area contributed by atoms with Crippen molar-refractivity contribution in [3.8, 4) is 0 Å². The molecule has 0 unspecified atom stereocenters. The highest BCUT2D eigenvalue weighted by Gasteiger charge is 2.11. The quantitative estimate of drug-likeness (QED) is 0.368. The van der Waals surface area contributed by atoms with Crippen molar-refractivity contribution in [2.45, 2.75) is 35.8 Å². The number of carbonyl (C=O) groups is 1. The van der Waals surface area contributed by atoms with Crippen LogP contribution in [-0.2, 0) is 10.5 Å². The third-order valence-corrected chi connectivity index (χ3v) is 7.32. The summed E-state index contributed by atoms with van der Waals surface area (Å²) in [6.45, 7) is 3.50. The Morgan fingerprint density at radius 3 is 2.67 bits per heavy atom. The first-order valence-corrected chi connectivity index (χ1v) is 12.4. The first-order chi connectivity index (χ1) is 13.3. The van der Waals surface area contributed by atoms with E-state index in [9.17, 15) is 4.79 Å². The van der Waals surface area contributed by atoms with Crippen molar-refractivity contribution in [1.82, 2.24) is 15.1 Å². The maximum atomic E-state index is 12.1. The molecule has 1 fully saturated rings. The van der Waals surface area contributed by atoms with Crippen LogP contribution in [0.15, 0.2) is 34.7 Å². The van der Waals surface area contributed by atoms with Gasteiger partial charge in [-0.3, -0.25) is 10.1 Å². The molecule has 0 spiro atoms. The third kappa shape index (κ3) is 7.81. The molecule has 0 bridgehead atoms. The summed E-state index contributed by atoms with van der Waals surface area (Å²) in [5.74, 6) is 2.34. The SMILES string of the molecule is O=C(CSCCN1CCCCCC1)Nc1nnc(SCc2ccccc2)s1. The number of aromatic nitrogens is 2. The van der Waals surface area contributed by atoms with E-state index in [1.807, 2.05) is 18.2 Å². The lowest BCUT2D eigenvalue weighted by molar-refractivity contribution is -0.113. The van der Waals surface area contributed by atoms with Gasteiger partial charge in [0.15, 0.2) is 4.34 Å². The second-order valence-electron chi connectivity index (χ2n) is 6.50. The van der Waals surface area contributed by atoms with E-state index < -0.39 is 0 Å². The highest BCUT2D eigenvalue weighted by Crippen LogP contribution is 2.28. The van der Waals surface area contributed by atoms with E-state index in [2.05, 4.69) is 32.5 Å². The lowest BCUT2D eigenvalue weighted by Gasteiger charge is -2.18. The van der Waals surface area contributed by atoms with Gasteiger partial charge in [-0.1, -0.05) is 66.3 Å². The third-order valence-electron chi connectivity index (χ3n) is 4.34. The predicted molar refractivity (Wildman–Crippen MR) is 117 cm³/mol. The molecular weight excluding hydrogens is 396 g/mol. The fourth-order valence-corrected chi connectivity index (χ4v) is 5.42. The van der Waals surface area contributed by atoms with Crippen molar-refractivity contribution in [2.24, 2.45) is 0 Å². The van der Waals surface area contributed by atoms with Crippen LogP contribution in [0.1, 0.15) is 31.2 Å². The second-order valence-corrected chi connectivity index (χ2v) is 9.81. The summed E-state index contributed by atoms with van der Waals surface area (Å²) in [5, 5.41) is 11.7. The van der Waals surface area contributed by atoms with E-state index in [-0.39, 0.29) is 5.91 Å². The van der Waals surface area contributed by atoms with Gasteiger partial charge in [0, 0.05) is 18.1 Å². The molecule has 2 aromatic rings. The fraction of sp³-hybridized carbons (Fsp3) is 0.526. The number of thioether (sulfide) groups is 2. The Balaban J connectivity index is 1.31. The number of rotatable bonds is 9. The molecule has 8 heteroatoms. The molecule has 0 atom stereocenters. The Labute approximate surface area is 173 Å². The number of nitrogens with zero attached hydrogens (tertiary/aromatic N) is 3. The highest BCUT2D eigenvalue weighted by atomic mass is 32.2. The molecule has 0 aliphatic carbocycles. The average molecular weight is 423 g/mol. The van der Waals surface area contributed by atoms with Crippen molar-refractivity contribution >= 4 is 45.9 Å². The Bertz CT molecular complexity index is 687. The predicted octanol–water partition coefficient (Wildman–Crippen LogP) is 4.38. The minimum Gasteiger partial charge on any atom is -0.303 e. The van der Waals surface area contributed by atoms with Gasteiger partial charge < -0.3 is 4.90 Å². The number of hydrogen-bond acceptors (Lipinski definition) is 7. The Morgan fingerprint density at radius 1 is 1.11 bits per heavy atom. The largest absolute Gasteiger partial charge is 0.303 e. The zero-order valence-corrected chi connectivity index (χ0v) is 17.9. The van der Waals surface area contributed by atoms with Gasteiger partial charge in [-0.05, 0) is 31.5 Å². The fourth-order valence-electron chi connectivity index (χ4n) is 2.91. The second kappa shape index (κ2) is 11.7. The van der Waals surface area contributed by atoms with Gasteiger partial charge in [0.2, 0.25) is 11.0 Å². The van der Waals surface area contributed by atoms with E-state index in [4.69, 9.17) is 0 Å². The number of carbonyl (C=O) groups excluding carboxylic acids is 1. The maximum absolute atomic E-state index is 12.1. The van der Waals surface area contributed by atoms with Crippen molar-refractivity contribution in [2.75, 3.05) is 36.5 Å². The molecule has 3 rings (SSSR count). The number of likely N-dealkylation sites (tertiary alicyclic amines) is 1. The standard InChI is InChI=1S/C19H26N4OS3/c24-17(15-25-13-12-23-10-6-1-2-7-11-23)20-18-21-22-19(27-18)26-14-16-8-4-3-5-9-16/h3-5,8-9H,1-2,6-7,10-15H2,(H,20,21,24). The smallest absolute Gasteiger partial charge is 0.236 e. The zero-order chi connectivity index (χ0) is 18.7. The van der Waals surface area contributed by atoms with Crippen molar-refractivity contribution in [3.63, 3.8) is 0 Å². The van der Waals surface area contributed by atoms with E-state index in [1.165, 1.54) is 55.7 Å². The molecule has 1 aromatic heterocycles. The molecule has 1 N–H and O–H groups in total. The van der Waals surface area contributed by atoms with Crippen LogP contribution in [-0.4, -0.2) is 52.1 Å². The summed E-state index contributed by atoms with van der Waals surface area (Å²) < 4.78 is 0.878. The van der Waals surface area contributed by atoms with Crippen LogP contribution in [0, 0.1) is 0 Å². The number of hydrogen-bond donors (Lipinski definition) is 1. The van der Waals surface area contributed by atoms with Gasteiger partial charge in [-0.15, -0.1) is 10.2 Å². The van der Waals surface area contributed by atoms with Crippen LogP contribution in [0.4, 0.5) is 5.13 Å². The van der Waals surface area contributed by atoms with Crippen LogP contribution in [0.2, 0.25) is 0 Å². The summed E-state index contributed by atoms with van der Waals surface area (Å²) in [6, 6.07) is 10.3. The Hall–Kier alpha value is -1.09. The lowest BCUT2D eigenvalue weighted by Crippen LogP contribution is -2.27. The minimum absolute atomic E-state index is 0.00613. The highest BCUT2D eigenvalue weighted by molar-refractivity contribution is 8.00. The van der Waals surface area contributed by atoms with Crippen LogP contribution < -0.4 is 5.32 Å². The molecule has 5 nitrogen and oxygen atoms in total. The van der Waals surface area contributed by atoms with Crippen LogP contribution >= 0.6 is 34.9 Å². The number of nitrogens with one attached hydrogen (secondary N) is 1. The molecule has 1 aliphatic rings. The zero-order valence-electron chi connectivity index (χ0n) is 15.4. The van der Waals surface area contributed by atoms with E-state index >= 15 is 0 Å². The van der Waals surface area contributed by atoms with E-state index in [0.29, 0.717) is 10.9 Å². The lowest BCUT2D eigenvalue weighted by atomic mass is 10.2. The van der Waals surface area contributed by atoms with Crippen molar-refractivity contribution in [3.05, 3.63) is 35.9 Å². The van der Waals surface area contributed by atoms with Gasteiger partial charge in [0.1, 0.15) is 0 Å². The van der Waals surface area contributed by atoms with Gasteiger partial charge in [0.25, 0.3) is 0 Å². The summed E-state index contributed by atoms with van der Waals surface area (Å²) in [7, 11) is 0. The van der Waals surface area contributed by atoms with Crippen LogP contribution in [0.5, 0.6) is 0 Å². The Morgan fingerprint density at radius 2 is 1.89 bits per heavy atom. The molecule has 1 aromatic carbocycles. The van der Waals surface area contributed by atoms with Crippen molar-refractivity contribution < 1.29 is 4.79 Å². The maximum Gasteiger partial charge on any atom is 0.236 e. The van der Waals surface area contributed by atoms with Gasteiger partial charge in [-0.2, -0.15) is 11.8 Å². The molecule has 0 saturated carbocycles. The minimum atomic E-state index is 0.00613. The van der Waals surface area contributed by atoms with E-state index in [1.54, 1.807) is 23.5 Å². The van der Waals surface area contributed by atoms with Gasteiger partial charge >= 0.3 is 0 Å². The first kappa shape index (κ1) is 20.6. The molecule has 1 amide bonds. The molecule has 27 heavy (non-hydrogen) atoms. The first-order valence-electron chi connectivity index (χ1n) is 9.40. The summed E-state index contributed by atoms with van der Waals surface area (Å²) in [4.78, 5) is 14.6. The number of anilines is 1. The summed E-state index contributed by atoms with van der Waals surface area (Å²) in [5.41, 5.74) is 1.25. The van der Waals surface area contributed by atoms with Gasteiger partial charge in [-0.25, -0.2) is 0 Å². The van der Waals surface area contributed by atoms with E-state index in [0.717, 1.165) is 22.4 Å². The molecule has 2 heterocycles. The number of amides is 1. The van der Waals surface area contributed by atoms with Crippen LogP contribution in [0.3, 0.4) is 0 Å². The summed E-state index contributed by atoms with van der Waals surface area (Å²) in [6.07, 6.45) is 5.35. The van der Waals surface area contributed by atoms with Gasteiger partial charge in [0.05, 0.1) is 5.75 Å². The molecular formula is C19H26N4OS3. The normalized spacial score (nSPS) is 15.4. The molecule has 1 saturated heterocycles. The summed E-state index contributed by atoms with van der Waals surface area (Å²) >= 11 is 4.77. The average Bonchev–Trinajstić information content (AvgIpc) is 2.96.